The molecule has 0 aliphatic carbocycles. The molecule has 0 aromatic heterocycles. The monoisotopic (exact) mass is 529 g/mol. The number of carbonyl (C=O) groups excluding carboxylic acids is 1. The van der Waals surface area contributed by atoms with E-state index in [1.165, 1.54) is 8.92 Å². The zero-order chi connectivity index (χ0) is 20.4. The molecular formula is C25H23NO2Se2. The van der Waals surface area contributed by atoms with Gasteiger partial charge in [-0.3, -0.25) is 0 Å². The predicted octanol–water partition coefficient (Wildman–Crippen LogP) is 2.88. The summed E-state index contributed by atoms with van der Waals surface area (Å²) < 4.78 is 8.44. The second-order valence-corrected chi connectivity index (χ2v) is 14.7. The van der Waals surface area contributed by atoms with Crippen molar-refractivity contribution in [1.82, 2.24) is 4.90 Å². The van der Waals surface area contributed by atoms with Gasteiger partial charge in [0.2, 0.25) is 0 Å². The Morgan fingerprint density at radius 1 is 0.800 bits per heavy atom. The van der Waals surface area contributed by atoms with Gasteiger partial charge in [0.15, 0.2) is 0 Å². The summed E-state index contributed by atoms with van der Waals surface area (Å²) in [6.45, 7) is 0.637. The third-order valence-corrected chi connectivity index (χ3v) is 12.5. The Labute approximate surface area is 190 Å². The molecule has 3 aromatic carbocycles. The molecule has 5 heteroatoms. The summed E-state index contributed by atoms with van der Waals surface area (Å²) in [4.78, 5) is 16.3. The summed E-state index contributed by atoms with van der Waals surface area (Å²) in [7, 11) is 0. The number of carbonyl (C=O) groups is 1. The number of amides is 1. The molecule has 152 valence electrons. The average Bonchev–Trinajstić information content (AvgIpc) is 3.23. The Kier molecular flexibility index (Phi) is 5.82. The fraction of sp³-hybridized carbons (Fsp3) is 0.240. The van der Waals surface area contributed by atoms with E-state index in [0.29, 0.717) is 6.61 Å². The minimum absolute atomic E-state index is 0.0655. The van der Waals surface area contributed by atoms with Crippen LogP contribution in [0.4, 0.5) is 0 Å². The summed E-state index contributed by atoms with van der Waals surface area (Å²) in [6, 6.07) is 31.5. The summed E-state index contributed by atoms with van der Waals surface area (Å²) in [5.41, 5.74) is 1.07. The van der Waals surface area contributed by atoms with Crippen LogP contribution in [-0.4, -0.2) is 53.4 Å². The van der Waals surface area contributed by atoms with Crippen molar-refractivity contribution in [1.29, 1.82) is 0 Å². The number of rotatable bonds is 5. The number of fused-ring (bicyclic) bond motifs is 1. The molecular weight excluding hydrogens is 504 g/mol. The third-order valence-electron chi connectivity index (χ3n) is 5.60. The molecule has 2 saturated heterocycles. The Hall–Kier alpha value is -1.87. The Bertz CT molecular complexity index is 956. The normalized spacial score (nSPS) is 22.7. The maximum atomic E-state index is 14.2. The van der Waals surface area contributed by atoms with Crippen LogP contribution >= 0.6 is 0 Å². The molecule has 30 heavy (non-hydrogen) atoms. The molecule has 2 atom stereocenters. The van der Waals surface area contributed by atoms with Gasteiger partial charge in [-0.1, -0.05) is 0 Å². The molecule has 2 heterocycles. The number of nitrogens with zero attached hydrogens (tertiary/aromatic N) is 1. The van der Waals surface area contributed by atoms with Crippen molar-refractivity contribution in [3.63, 3.8) is 0 Å². The van der Waals surface area contributed by atoms with Crippen molar-refractivity contribution < 1.29 is 9.53 Å². The van der Waals surface area contributed by atoms with E-state index in [1.54, 1.807) is 0 Å². The Morgan fingerprint density at radius 3 is 1.90 bits per heavy atom. The zero-order valence-corrected chi connectivity index (χ0v) is 19.9. The van der Waals surface area contributed by atoms with Gasteiger partial charge in [0.25, 0.3) is 0 Å². The van der Waals surface area contributed by atoms with E-state index < -0.39 is 0 Å². The van der Waals surface area contributed by atoms with Crippen molar-refractivity contribution in [2.45, 2.75) is 28.3 Å². The number of benzene rings is 3. The van der Waals surface area contributed by atoms with E-state index >= 15 is 0 Å². The van der Waals surface area contributed by atoms with Gasteiger partial charge in [0.05, 0.1) is 0 Å². The molecule has 3 aromatic rings. The van der Waals surface area contributed by atoms with Gasteiger partial charge in [0.1, 0.15) is 0 Å². The number of ether oxygens (including phenoxy) is 1. The number of hydrogen-bond acceptors (Lipinski definition) is 2. The third kappa shape index (κ3) is 3.89. The first-order valence-corrected chi connectivity index (χ1v) is 13.7. The van der Waals surface area contributed by atoms with E-state index in [1.807, 2.05) is 30.3 Å². The second kappa shape index (κ2) is 8.70. The van der Waals surface area contributed by atoms with Gasteiger partial charge in [-0.15, -0.1) is 0 Å². The number of hydrogen-bond donors (Lipinski definition) is 0. The molecule has 0 radical (unpaired) electrons. The first kappa shape index (κ1) is 20.1. The van der Waals surface area contributed by atoms with Crippen LogP contribution in [0.25, 0.3) is 0 Å². The quantitative estimate of drug-likeness (QED) is 0.478. The fourth-order valence-electron chi connectivity index (χ4n) is 4.15. The van der Waals surface area contributed by atoms with E-state index in [9.17, 15) is 4.79 Å². The van der Waals surface area contributed by atoms with Gasteiger partial charge in [0, 0.05) is 0 Å². The molecule has 1 amide bonds. The molecule has 0 unspecified atom stereocenters. The first-order chi connectivity index (χ1) is 14.8. The molecule has 0 bridgehead atoms. The molecule has 5 rings (SSSR count). The van der Waals surface area contributed by atoms with Crippen LogP contribution in [-0.2, 0) is 9.53 Å². The maximum absolute atomic E-state index is 14.2. The van der Waals surface area contributed by atoms with Gasteiger partial charge < -0.3 is 0 Å². The number of piperidine rings is 1. The molecule has 0 N–H and O–H groups in total. The van der Waals surface area contributed by atoms with Crippen molar-refractivity contribution in [2.75, 3.05) is 6.61 Å². The summed E-state index contributed by atoms with van der Waals surface area (Å²) in [6.07, 6.45) is 1.70. The van der Waals surface area contributed by atoms with E-state index in [4.69, 9.17) is 4.74 Å². The van der Waals surface area contributed by atoms with Crippen molar-refractivity contribution in [3.05, 3.63) is 96.6 Å². The van der Waals surface area contributed by atoms with Crippen LogP contribution in [0.15, 0.2) is 91.0 Å². The van der Waals surface area contributed by atoms with Crippen LogP contribution in [0.3, 0.4) is 0 Å². The van der Waals surface area contributed by atoms with Gasteiger partial charge in [-0.2, -0.15) is 0 Å². The molecule has 0 spiro atoms. The van der Waals surface area contributed by atoms with E-state index in [2.05, 4.69) is 65.6 Å². The van der Waals surface area contributed by atoms with Crippen molar-refractivity contribution in [3.8, 4) is 0 Å². The SMILES string of the molecule is O=C1N2[C@@H](CCC1([Se]c1ccccc1)[Se]c1ccccc1)CO[C@@H]2c1ccccc1. The van der Waals surface area contributed by atoms with Crippen LogP contribution in [0, 0.1) is 0 Å². The summed E-state index contributed by atoms with van der Waals surface area (Å²) >= 11 is 0.131. The van der Waals surface area contributed by atoms with Gasteiger partial charge in [-0.25, -0.2) is 0 Å². The fourth-order valence-corrected chi connectivity index (χ4v) is 11.4. The van der Waals surface area contributed by atoms with Crippen LogP contribution in [0.5, 0.6) is 0 Å². The van der Waals surface area contributed by atoms with Gasteiger partial charge >= 0.3 is 191 Å². The Balaban J connectivity index is 1.52. The van der Waals surface area contributed by atoms with Crippen molar-refractivity contribution in [2.24, 2.45) is 0 Å². The molecule has 2 aliphatic rings. The molecule has 3 nitrogen and oxygen atoms in total. The van der Waals surface area contributed by atoms with Crippen molar-refractivity contribution >= 4 is 44.7 Å². The minimum atomic E-state index is -0.320. The zero-order valence-electron chi connectivity index (χ0n) is 16.5. The van der Waals surface area contributed by atoms with Crippen LogP contribution < -0.4 is 8.92 Å². The molecule has 0 saturated carbocycles. The summed E-state index contributed by atoms with van der Waals surface area (Å²) in [5, 5.41) is 0. The van der Waals surface area contributed by atoms with E-state index in [0.717, 1.165) is 18.4 Å². The first-order valence-electron chi connectivity index (χ1n) is 10.2. The molecule has 2 aliphatic heterocycles. The van der Waals surface area contributed by atoms with Gasteiger partial charge in [-0.05, 0) is 0 Å². The molecule has 2 fully saturated rings. The van der Waals surface area contributed by atoms with Crippen LogP contribution in [0.1, 0.15) is 24.6 Å². The topological polar surface area (TPSA) is 29.5 Å². The van der Waals surface area contributed by atoms with E-state index in [-0.39, 0.29) is 51.3 Å². The Morgan fingerprint density at radius 2 is 1.33 bits per heavy atom. The summed E-state index contributed by atoms with van der Waals surface area (Å²) in [5.74, 6) is 0.290. The standard InChI is InChI=1S/C25H23NO2Se2/c27-24-25(29-21-12-6-2-7-13-21,30-22-14-8-3-9-15-22)17-16-20-18-28-23(26(20)24)19-10-4-1-5-11-19/h1-15,20,23H,16-18H2/t20-,23+/m0/s1. The predicted molar refractivity (Wildman–Crippen MR) is 121 cm³/mol. The van der Waals surface area contributed by atoms with Crippen LogP contribution in [0.2, 0.25) is 3.21 Å². The average molecular weight is 527 g/mol. The second-order valence-electron chi connectivity index (χ2n) is 7.58.